The molecule has 3 rings (SSSR count). The molecule has 1 atom stereocenters. The van der Waals surface area contributed by atoms with Crippen LogP contribution in [-0.2, 0) is 10.0 Å². The Hall–Kier alpha value is -1.41. The second-order valence-electron chi connectivity index (χ2n) is 6.11. The molecule has 0 aromatic carbocycles. The van der Waals surface area contributed by atoms with Crippen molar-refractivity contribution in [1.29, 1.82) is 0 Å². The van der Waals surface area contributed by atoms with E-state index in [1.54, 1.807) is 16.4 Å². The zero-order valence-corrected chi connectivity index (χ0v) is 14.2. The van der Waals surface area contributed by atoms with Gasteiger partial charge < -0.3 is 9.47 Å². The van der Waals surface area contributed by atoms with Crippen LogP contribution in [0.15, 0.2) is 12.1 Å². The number of ether oxygens (including phenoxy) is 2. The van der Waals surface area contributed by atoms with Crippen LogP contribution < -0.4 is 9.47 Å². The van der Waals surface area contributed by atoms with Gasteiger partial charge in [0.1, 0.15) is 6.10 Å². The van der Waals surface area contributed by atoms with Gasteiger partial charge in [-0.15, -0.1) is 10.2 Å². The van der Waals surface area contributed by atoms with E-state index in [4.69, 9.17) is 9.47 Å². The summed E-state index contributed by atoms with van der Waals surface area (Å²) >= 11 is 0. The maximum Gasteiger partial charge on any atom is 0.233 e. The number of aromatic nitrogens is 2. The van der Waals surface area contributed by atoms with Gasteiger partial charge in [0.2, 0.25) is 21.8 Å². The van der Waals surface area contributed by atoms with Crippen molar-refractivity contribution in [2.75, 3.05) is 20.2 Å². The van der Waals surface area contributed by atoms with Crippen LogP contribution in [0.3, 0.4) is 0 Å². The predicted molar refractivity (Wildman–Crippen MR) is 85.0 cm³/mol. The first-order valence-corrected chi connectivity index (χ1v) is 9.63. The molecule has 0 amide bonds. The Morgan fingerprint density at radius 2 is 1.78 bits per heavy atom. The summed E-state index contributed by atoms with van der Waals surface area (Å²) in [6, 6.07) is 3.36. The SMILES string of the molecule is COc1ccc(OC2CCN(S(=O)(=O)C3CCCCC3)C2)nn1. The Morgan fingerprint density at radius 1 is 1.09 bits per heavy atom. The van der Waals surface area contributed by atoms with Crippen LogP contribution in [0, 0.1) is 0 Å². The highest BCUT2D eigenvalue weighted by molar-refractivity contribution is 7.89. The van der Waals surface area contributed by atoms with E-state index >= 15 is 0 Å². The van der Waals surface area contributed by atoms with E-state index < -0.39 is 10.0 Å². The van der Waals surface area contributed by atoms with Crippen molar-refractivity contribution >= 4 is 10.0 Å². The Balaban J connectivity index is 1.59. The molecule has 1 saturated carbocycles. The van der Waals surface area contributed by atoms with Gasteiger partial charge in [-0.3, -0.25) is 0 Å². The minimum absolute atomic E-state index is 0.170. The lowest BCUT2D eigenvalue weighted by atomic mass is 10.0. The highest BCUT2D eigenvalue weighted by Crippen LogP contribution is 2.29. The maximum absolute atomic E-state index is 12.7. The number of hydrogen-bond acceptors (Lipinski definition) is 6. The number of sulfonamides is 1. The standard InChI is InChI=1S/C15H23N3O4S/c1-21-14-7-8-15(17-16-14)22-12-9-10-18(11-12)23(19,20)13-5-3-2-4-6-13/h7-8,12-13H,2-6,9-11H2,1H3. The first kappa shape index (κ1) is 16.4. The van der Waals surface area contributed by atoms with Gasteiger partial charge >= 0.3 is 0 Å². The molecule has 128 valence electrons. The van der Waals surface area contributed by atoms with Crippen LogP contribution in [0.2, 0.25) is 0 Å². The summed E-state index contributed by atoms with van der Waals surface area (Å²) in [7, 11) is -1.68. The molecule has 1 aliphatic carbocycles. The molecular weight excluding hydrogens is 318 g/mol. The van der Waals surface area contributed by atoms with Gasteiger partial charge in [-0.25, -0.2) is 8.42 Å². The fraction of sp³-hybridized carbons (Fsp3) is 0.733. The molecule has 0 bridgehead atoms. The molecule has 1 aromatic rings. The molecule has 7 nitrogen and oxygen atoms in total. The van der Waals surface area contributed by atoms with Crippen LogP contribution in [0.4, 0.5) is 0 Å². The Morgan fingerprint density at radius 3 is 2.43 bits per heavy atom. The van der Waals surface area contributed by atoms with Crippen LogP contribution in [-0.4, -0.2) is 54.5 Å². The Bertz CT molecular complexity index is 614. The summed E-state index contributed by atoms with van der Waals surface area (Å²) in [6.45, 7) is 0.916. The average Bonchev–Trinajstić information content (AvgIpc) is 3.06. The number of hydrogen-bond donors (Lipinski definition) is 0. The fourth-order valence-electron chi connectivity index (χ4n) is 3.25. The monoisotopic (exact) mass is 341 g/mol. The molecule has 1 aromatic heterocycles. The quantitative estimate of drug-likeness (QED) is 0.809. The van der Waals surface area contributed by atoms with Gasteiger partial charge in [0.25, 0.3) is 0 Å². The molecule has 0 spiro atoms. The van der Waals surface area contributed by atoms with E-state index in [2.05, 4.69) is 10.2 Å². The summed E-state index contributed by atoms with van der Waals surface area (Å²) in [5.41, 5.74) is 0. The maximum atomic E-state index is 12.7. The molecule has 0 radical (unpaired) electrons. The van der Waals surface area contributed by atoms with Crippen molar-refractivity contribution in [2.24, 2.45) is 0 Å². The van der Waals surface area contributed by atoms with Gasteiger partial charge in [0.15, 0.2) is 0 Å². The molecule has 2 heterocycles. The van der Waals surface area contributed by atoms with Gasteiger partial charge in [-0.05, 0) is 19.3 Å². The summed E-state index contributed by atoms with van der Waals surface area (Å²) in [6.07, 6.45) is 5.25. The van der Waals surface area contributed by atoms with Crippen LogP contribution >= 0.6 is 0 Å². The first-order valence-electron chi connectivity index (χ1n) is 8.13. The largest absolute Gasteiger partial charge is 0.480 e. The van der Waals surface area contributed by atoms with E-state index in [9.17, 15) is 8.42 Å². The van der Waals surface area contributed by atoms with E-state index in [0.29, 0.717) is 31.3 Å². The van der Waals surface area contributed by atoms with E-state index in [1.807, 2.05) is 0 Å². The highest BCUT2D eigenvalue weighted by Gasteiger charge is 2.38. The topological polar surface area (TPSA) is 81.6 Å². The number of methoxy groups -OCH3 is 1. The molecule has 1 aliphatic heterocycles. The smallest absolute Gasteiger partial charge is 0.233 e. The van der Waals surface area contributed by atoms with Crippen molar-refractivity contribution in [3.05, 3.63) is 12.1 Å². The van der Waals surface area contributed by atoms with E-state index in [0.717, 1.165) is 32.1 Å². The van der Waals surface area contributed by atoms with Crippen molar-refractivity contribution in [2.45, 2.75) is 49.9 Å². The van der Waals surface area contributed by atoms with Crippen molar-refractivity contribution in [3.8, 4) is 11.8 Å². The third-order valence-corrected chi connectivity index (χ3v) is 6.92. The second-order valence-corrected chi connectivity index (χ2v) is 8.32. The molecule has 1 unspecified atom stereocenters. The van der Waals surface area contributed by atoms with Crippen LogP contribution in [0.25, 0.3) is 0 Å². The number of nitrogens with zero attached hydrogens (tertiary/aromatic N) is 3. The third-order valence-electron chi connectivity index (χ3n) is 4.55. The van der Waals surface area contributed by atoms with E-state index in [-0.39, 0.29) is 11.4 Å². The highest BCUT2D eigenvalue weighted by atomic mass is 32.2. The van der Waals surface area contributed by atoms with Crippen LogP contribution in [0.1, 0.15) is 38.5 Å². The lowest BCUT2D eigenvalue weighted by molar-refractivity contribution is 0.203. The summed E-state index contributed by atoms with van der Waals surface area (Å²) in [4.78, 5) is 0. The minimum atomic E-state index is -3.20. The molecule has 8 heteroatoms. The molecular formula is C15H23N3O4S. The van der Waals surface area contributed by atoms with Gasteiger partial charge in [-0.2, -0.15) is 4.31 Å². The molecule has 0 N–H and O–H groups in total. The van der Waals surface area contributed by atoms with Gasteiger partial charge in [-0.1, -0.05) is 19.3 Å². The lowest BCUT2D eigenvalue weighted by Gasteiger charge is -2.26. The predicted octanol–water partition coefficient (Wildman–Crippen LogP) is 1.60. The number of rotatable bonds is 5. The average molecular weight is 341 g/mol. The summed E-state index contributed by atoms with van der Waals surface area (Å²) in [5, 5.41) is 7.56. The molecule has 2 fully saturated rings. The third kappa shape index (κ3) is 3.74. The zero-order chi connectivity index (χ0) is 16.3. The van der Waals surface area contributed by atoms with Crippen molar-refractivity contribution < 1.29 is 17.9 Å². The summed E-state index contributed by atoms with van der Waals surface area (Å²) < 4.78 is 37.7. The second kappa shape index (κ2) is 7.00. The van der Waals surface area contributed by atoms with E-state index in [1.165, 1.54) is 7.11 Å². The van der Waals surface area contributed by atoms with Gasteiger partial charge in [0, 0.05) is 18.7 Å². The Labute approximate surface area is 137 Å². The lowest BCUT2D eigenvalue weighted by Crippen LogP contribution is -2.39. The molecule has 23 heavy (non-hydrogen) atoms. The summed E-state index contributed by atoms with van der Waals surface area (Å²) in [5.74, 6) is 0.818. The molecule has 2 aliphatic rings. The minimum Gasteiger partial charge on any atom is -0.480 e. The van der Waals surface area contributed by atoms with Crippen molar-refractivity contribution in [1.82, 2.24) is 14.5 Å². The normalized spacial score (nSPS) is 23.8. The Kier molecular flexibility index (Phi) is 5.01. The first-order chi connectivity index (χ1) is 11.1. The van der Waals surface area contributed by atoms with Gasteiger partial charge in [0.05, 0.1) is 18.9 Å². The molecule has 1 saturated heterocycles. The van der Waals surface area contributed by atoms with Crippen LogP contribution in [0.5, 0.6) is 11.8 Å². The van der Waals surface area contributed by atoms with Crippen molar-refractivity contribution in [3.63, 3.8) is 0 Å². The zero-order valence-electron chi connectivity index (χ0n) is 13.3. The fourth-order valence-corrected chi connectivity index (χ4v) is 5.33.